The van der Waals surface area contributed by atoms with Crippen LogP contribution in [0.3, 0.4) is 0 Å². The van der Waals surface area contributed by atoms with Gasteiger partial charge in [0, 0.05) is 24.7 Å². The molecular weight excluding hydrogens is 240 g/mol. The molecule has 1 aliphatic heterocycles. The van der Waals surface area contributed by atoms with Gasteiger partial charge in [0.2, 0.25) is 0 Å². The molecule has 0 aromatic carbocycles. The van der Waals surface area contributed by atoms with E-state index in [9.17, 15) is 9.90 Å². The highest BCUT2D eigenvalue weighted by Gasteiger charge is 2.36. The zero-order valence-electron chi connectivity index (χ0n) is 9.69. The Balaban J connectivity index is 2.42. The molecule has 0 unspecified atom stereocenters. The second-order valence-corrected chi connectivity index (χ2v) is 4.16. The van der Waals surface area contributed by atoms with E-state index in [1.54, 1.807) is 0 Å². The molecule has 0 amide bonds. The normalized spacial score (nSPS) is 27.6. The summed E-state index contributed by atoms with van der Waals surface area (Å²) in [5.41, 5.74) is 10.8. The summed E-state index contributed by atoms with van der Waals surface area (Å²) in [5, 5.41) is 18.9. The molecule has 8 nitrogen and oxygen atoms in total. The van der Waals surface area contributed by atoms with Crippen LogP contribution in [-0.4, -0.2) is 38.6 Å². The van der Waals surface area contributed by atoms with Gasteiger partial charge in [-0.3, -0.25) is 4.57 Å². The van der Waals surface area contributed by atoms with Crippen LogP contribution in [0.1, 0.15) is 18.3 Å². The Morgan fingerprint density at radius 1 is 1.61 bits per heavy atom. The zero-order valence-corrected chi connectivity index (χ0v) is 9.69. The number of hydrogen-bond donors (Lipinski definition) is 4. The number of ether oxygens (including phenoxy) is 1. The molecule has 1 aliphatic rings. The number of rotatable bonds is 3. The van der Waals surface area contributed by atoms with Gasteiger partial charge in [-0.25, -0.2) is 4.79 Å². The Kier molecular flexibility index (Phi) is 3.62. The van der Waals surface area contributed by atoms with Gasteiger partial charge in [-0.1, -0.05) is 0 Å². The molecule has 100 valence electrons. The van der Waals surface area contributed by atoms with Gasteiger partial charge >= 0.3 is 5.69 Å². The van der Waals surface area contributed by atoms with Crippen molar-refractivity contribution in [1.82, 2.24) is 9.55 Å². The highest BCUT2D eigenvalue weighted by atomic mass is 16.5. The van der Waals surface area contributed by atoms with E-state index < -0.39 is 24.1 Å². The number of nitrogens with zero attached hydrogens (tertiary/aromatic N) is 2. The lowest BCUT2D eigenvalue weighted by atomic mass is 10.2. The Morgan fingerprint density at radius 2 is 2.33 bits per heavy atom. The summed E-state index contributed by atoms with van der Waals surface area (Å²) < 4.78 is 6.58. The van der Waals surface area contributed by atoms with Crippen LogP contribution in [-0.2, 0) is 11.3 Å². The van der Waals surface area contributed by atoms with Gasteiger partial charge in [0.25, 0.3) is 0 Å². The van der Waals surface area contributed by atoms with E-state index >= 15 is 0 Å². The Morgan fingerprint density at radius 3 is 2.89 bits per heavy atom. The predicted octanol–water partition coefficient (Wildman–Crippen LogP) is -2.08. The van der Waals surface area contributed by atoms with E-state index in [0.717, 1.165) is 0 Å². The van der Waals surface area contributed by atoms with Gasteiger partial charge in [-0.05, 0) is 0 Å². The first-order chi connectivity index (χ1) is 8.56. The maximum absolute atomic E-state index is 11.8. The van der Waals surface area contributed by atoms with Crippen molar-refractivity contribution in [1.29, 1.82) is 0 Å². The number of nitrogen functional groups attached to an aromatic ring is 1. The largest absolute Gasteiger partial charge is 0.394 e. The van der Waals surface area contributed by atoms with Crippen molar-refractivity contribution in [3.63, 3.8) is 0 Å². The first-order valence-corrected chi connectivity index (χ1v) is 5.59. The van der Waals surface area contributed by atoms with Gasteiger partial charge in [0.15, 0.2) is 6.23 Å². The second-order valence-electron chi connectivity index (χ2n) is 4.16. The molecule has 18 heavy (non-hydrogen) atoms. The Bertz CT molecular complexity index is 489. The van der Waals surface area contributed by atoms with E-state index in [1.165, 1.54) is 10.6 Å². The van der Waals surface area contributed by atoms with Crippen molar-refractivity contribution in [3.05, 3.63) is 22.2 Å². The SMILES string of the molecule is NCc1cc(N)nc(=O)n1[C@@H]1O[C@H](CO)C[C@H]1O. The van der Waals surface area contributed by atoms with E-state index in [2.05, 4.69) is 4.98 Å². The van der Waals surface area contributed by atoms with Gasteiger partial charge in [0.05, 0.1) is 12.7 Å². The third kappa shape index (κ3) is 2.23. The average molecular weight is 256 g/mol. The van der Waals surface area contributed by atoms with Crippen LogP contribution in [0.25, 0.3) is 0 Å². The lowest BCUT2D eigenvalue weighted by molar-refractivity contribution is -0.0543. The summed E-state index contributed by atoms with van der Waals surface area (Å²) in [4.78, 5) is 15.4. The molecule has 0 spiro atoms. The summed E-state index contributed by atoms with van der Waals surface area (Å²) in [6.07, 6.45) is -2.03. The number of aliphatic hydroxyl groups is 2. The minimum Gasteiger partial charge on any atom is -0.394 e. The smallest absolute Gasteiger partial charge is 0.351 e. The Labute approximate surface area is 103 Å². The molecule has 0 radical (unpaired) electrons. The highest BCUT2D eigenvalue weighted by molar-refractivity contribution is 5.28. The summed E-state index contributed by atoms with van der Waals surface area (Å²) in [6, 6.07) is 1.46. The van der Waals surface area contributed by atoms with E-state index in [4.69, 9.17) is 21.3 Å². The second kappa shape index (κ2) is 5.02. The number of aromatic nitrogens is 2. The lowest BCUT2D eigenvalue weighted by Gasteiger charge is -2.20. The monoisotopic (exact) mass is 256 g/mol. The topological polar surface area (TPSA) is 137 Å². The van der Waals surface area contributed by atoms with Gasteiger partial charge in [-0.15, -0.1) is 0 Å². The van der Waals surface area contributed by atoms with Crippen LogP contribution < -0.4 is 17.2 Å². The van der Waals surface area contributed by atoms with Crippen LogP contribution in [0.4, 0.5) is 5.82 Å². The van der Waals surface area contributed by atoms with Gasteiger partial charge < -0.3 is 26.4 Å². The molecule has 1 saturated heterocycles. The zero-order chi connectivity index (χ0) is 13.3. The number of hydrogen-bond acceptors (Lipinski definition) is 7. The van der Waals surface area contributed by atoms with Crippen LogP contribution in [0, 0.1) is 0 Å². The minimum atomic E-state index is -0.893. The van der Waals surface area contributed by atoms with Crippen LogP contribution in [0.2, 0.25) is 0 Å². The van der Waals surface area contributed by atoms with E-state index in [1.807, 2.05) is 0 Å². The van der Waals surface area contributed by atoms with Crippen LogP contribution in [0.5, 0.6) is 0 Å². The number of nitrogens with two attached hydrogens (primary N) is 2. The molecule has 6 N–H and O–H groups in total. The fourth-order valence-electron chi connectivity index (χ4n) is 2.07. The van der Waals surface area contributed by atoms with Crippen molar-refractivity contribution in [3.8, 4) is 0 Å². The fourth-order valence-corrected chi connectivity index (χ4v) is 2.07. The Hall–Kier alpha value is -1.48. The third-order valence-corrected chi connectivity index (χ3v) is 2.89. The quantitative estimate of drug-likeness (QED) is 0.487. The van der Waals surface area contributed by atoms with Gasteiger partial charge in [-0.2, -0.15) is 4.98 Å². The fraction of sp³-hybridized carbons (Fsp3) is 0.600. The first kappa shape index (κ1) is 13.0. The standard InChI is InChI=1S/C10H16N4O4/c11-3-5-1-8(12)13-10(17)14(5)9-7(16)2-6(4-15)18-9/h1,6-7,9,15-16H,2-4,11H2,(H2,12,13,17)/t6-,7+,9+/m0/s1. The van der Waals surface area contributed by atoms with Crippen molar-refractivity contribution in [2.24, 2.45) is 5.73 Å². The van der Waals surface area contributed by atoms with E-state index in [0.29, 0.717) is 5.69 Å². The van der Waals surface area contributed by atoms with Crippen LogP contribution >= 0.6 is 0 Å². The highest BCUT2D eigenvalue weighted by Crippen LogP contribution is 2.28. The maximum atomic E-state index is 11.8. The molecule has 0 bridgehead atoms. The molecule has 2 rings (SSSR count). The molecule has 8 heteroatoms. The van der Waals surface area contributed by atoms with Crippen molar-refractivity contribution in [2.45, 2.75) is 31.4 Å². The molecule has 3 atom stereocenters. The molecule has 0 saturated carbocycles. The number of aliphatic hydroxyl groups excluding tert-OH is 2. The van der Waals surface area contributed by atoms with Crippen molar-refractivity contribution in [2.75, 3.05) is 12.3 Å². The summed E-state index contributed by atoms with van der Waals surface area (Å²) in [6.45, 7) is -0.152. The van der Waals surface area contributed by atoms with Crippen molar-refractivity contribution < 1.29 is 14.9 Å². The lowest BCUT2D eigenvalue weighted by Crippen LogP contribution is -2.35. The molecular formula is C10H16N4O4. The third-order valence-electron chi connectivity index (χ3n) is 2.89. The molecule has 1 aromatic rings. The van der Waals surface area contributed by atoms with Crippen molar-refractivity contribution >= 4 is 5.82 Å². The molecule has 2 heterocycles. The van der Waals surface area contributed by atoms with Gasteiger partial charge in [0.1, 0.15) is 11.9 Å². The van der Waals surface area contributed by atoms with Crippen LogP contribution in [0.15, 0.2) is 10.9 Å². The molecule has 1 aromatic heterocycles. The minimum absolute atomic E-state index is 0.0678. The maximum Gasteiger partial charge on any atom is 0.351 e. The average Bonchev–Trinajstić information content (AvgIpc) is 2.69. The molecule has 0 aliphatic carbocycles. The summed E-state index contributed by atoms with van der Waals surface area (Å²) in [7, 11) is 0. The number of anilines is 1. The first-order valence-electron chi connectivity index (χ1n) is 5.59. The van der Waals surface area contributed by atoms with E-state index in [-0.39, 0.29) is 25.4 Å². The predicted molar refractivity (Wildman–Crippen MR) is 62.4 cm³/mol. The summed E-state index contributed by atoms with van der Waals surface area (Å²) in [5.74, 6) is 0.0721. The summed E-state index contributed by atoms with van der Waals surface area (Å²) >= 11 is 0. The molecule has 1 fully saturated rings.